The number of hydrogen-bond acceptors (Lipinski definition) is 4. The van der Waals surface area contributed by atoms with Crippen LogP contribution >= 0.6 is 0 Å². The Labute approximate surface area is 194 Å². The van der Waals surface area contributed by atoms with E-state index in [0.29, 0.717) is 13.1 Å². The van der Waals surface area contributed by atoms with E-state index in [2.05, 4.69) is 77.7 Å². The molecule has 1 aliphatic rings. The van der Waals surface area contributed by atoms with Gasteiger partial charge >= 0.3 is 0 Å². The zero-order valence-corrected chi connectivity index (χ0v) is 20.1. The van der Waals surface area contributed by atoms with Crippen LogP contribution in [0.2, 0.25) is 0 Å². The summed E-state index contributed by atoms with van der Waals surface area (Å²) in [5.74, 6) is 0.0281. The smallest absolute Gasteiger partial charge is 0.251 e. The lowest BCUT2D eigenvalue weighted by Crippen LogP contribution is -2.48. The molecule has 1 heterocycles. The molecule has 32 heavy (non-hydrogen) atoms. The van der Waals surface area contributed by atoms with Gasteiger partial charge in [-0.05, 0) is 63.3 Å². The van der Waals surface area contributed by atoms with Crippen LogP contribution < -0.4 is 10.6 Å². The van der Waals surface area contributed by atoms with Crippen molar-refractivity contribution in [1.29, 1.82) is 0 Å². The van der Waals surface area contributed by atoms with Crippen molar-refractivity contribution >= 4 is 5.91 Å². The summed E-state index contributed by atoms with van der Waals surface area (Å²) in [7, 11) is 2.18. The van der Waals surface area contributed by atoms with Crippen molar-refractivity contribution in [2.75, 3.05) is 52.9 Å². The minimum Gasteiger partial charge on any atom is -0.351 e. The van der Waals surface area contributed by atoms with Gasteiger partial charge in [-0.25, -0.2) is 0 Å². The molecule has 2 aromatic carbocycles. The third-order valence-electron chi connectivity index (χ3n) is 6.99. The molecule has 1 fully saturated rings. The summed E-state index contributed by atoms with van der Waals surface area (Å²) in [6.07, 6.45) is 2.12. The first kappa shape index (κ1) is 24.4. The Kier molecular flexibility index (Phi) is 9.27. The quantitative estimate of drug-likeness (QED) is 0.529. The molecular weight excluding hydrogens is 396 g/mol. The van der Waals surface area contributed by atoms with Gasteiger partial charge in [0.25, 0.3) is 5.91 Å². The van der Waals surface area contributed by atoms with Crippen molar-refractivity contribution in [3.8, 4) is 0 Å². The first-order chi connectivity index (χ1) is 15.6. The summed E-state index contributed by atoms with van der Waals surface area (Å²) in [4.78, 5) is 18.0. The normalized spacial score (nSPS) is 16.2. The molecule has 5 heteroatoms. The van der Waals surface area contributed by atoms with Crippen LogP contribution in [0.5, 0.6) is 0 Å². The van der Waals surface area contributed by atoms with Crippen molar-refractivity contribution < 1.29 is 4.79 Å². The van der Waals surface area contributed by atoms with Crippen LogP contribution in [0, 0.1) is 0 Å². The second-order valence-electron chi connectivity index (χ2n) is 8.99. The van der Waals surface area contributed by atoms with Crippen LogP contribution in [0.3, 0.4) is 0 Å². The first-order valence-corrected chi connectivity index (χ1v) is 12.1. The minimum atomic E-state index is 0.000384. The Bertz CT molecular complexity index is 827. The van der Waals surface area contributed by atoms with Crippen LogP contribution in [0.25, 0.3) is 0 Å². The number of hydrogen-bond donors (Lipinski definition) is 2. The van der Waals surface area contributed by atoms with Crippen molar-refractivity contribution in [2.24, 2.45) is 0 Å². The molecule has 5 nitrogen and oxygen atoms in total. The van der Waals surface area contributed by atoms with Crippen LogP contribution in [0.4, 0.5) is 0 Å². The highest BCUT2D eigenvalue weighted by Gasteiger charge is 2.35. The van der Waals surface area contributed by atoms with Crippen molar-refractivity contribution in [3.05, 3.63) is 71.3 Å². The number of benzene rings is 2. The molecular formula is C27H40N4O. The minimum absolute atomic E-state index is 0.000384. The summed E-state index contributed by atoms with van der Waals surface area (Å²) in [6.45, 7) is 11.9. The Morgan fingerprint density at radius 2 is 1.66 bits per heavy atom. The lowest BCUT2D eigenvalue weighted by molar-refractivity contribution is 0.0926. The molecule has 3 rings (SSSR count). The van der Waals surface area contributed by atoms with E-state index >= 15 is 0 Å². The summed E-state index contributed by atoms with van der Waals surface area (Å²) in [5.41, 5.74) is 3.17. The molecule has 0 unspecified atom stereocenters. The molecule has 1 amide bonds. The number of nitrogens with one attached hydrogen (secondary N) is 2. The average Bonchev–Trinajstić information content (AvgIpc) is 2.84. The van der Waals surface area contributed by atoms with E-state index in [9.17, 15) is 4.79 Å². The predicted molar refractivity (Wildman–Crippen MR) is 133 cm³/mol. The van der Waals surface area contributed by atoms with Gasteiger partial charge in [-0.3, -0.25) is 4.79 Å². The number of piperidine rings is 1. The number of rotatable bonds is 11. The van der Waals surface area contributed by atoms with Crippen molar-refractivity contribution in [1.82, 2.24) is 20.4 Å². The highest BCUT2D eigenvalue weighted by Crippen LogP contribution is 2.34. The second-order valence-corrected chi connectivity index (χ2v) is 8.99. The SMILES string of the molecule is CCN(CC)CCNCc1ccccc1C(=O)NCC1(c2ccccc2)CCN(C)CC1. The zero-order valence-electron chi connectivity index (χ0n) is 20.1. The molecule has 2 aromatic rings. The van der Waals surface area contributed by atoms with Crippen LogP contribution in [0.1, 0.15) is 48.2 Å². The highest BCUT2D eigenvalue weighted by molar-refractivity contribution is 5.95. The fraction of sp³-hybridized carbons (Fsp3) is 0.519. The van der Waals surface area contributed by atoms with Crippen molar-refractivity contribution in [3.63, 3.8) is 0 Å². The van der Waals surface area contributed by atoms with Gasteiger partial charge in [0, 0.05) is 37.2 Å². The number of carbonyl (C=O) groups excluding carboxylic acids is 1. The molecule has 1 aliphatic heterocycles. The third kappa shape index (κ3) is 6.41. The van der Waals surface area contributed by atoms with E-state index in [-0.39, 0.29) is 11.3 Å². The van der Waals surface area contributed by atoms with Gasteiger partial charge in [0.1, 0.15) is 0 Å². The fourth-order valence-corrected chi connectivity index (χ4v) is 4.65. The van der Waals surface area contributed by atoms with E-state index in [1.165, 1.54) is 5.56 Å². The second kappa shape index (κ2) is 12.1. The summed E-state index contributed by atoms with van der Waals surface area (Å²) in [5, 5.41) is 6.81. The number of amides is 1. The van der Waals surface area contributed by atoms with Gasteiger partial charge in [-0.1, -0.05) is 62.4 Å². The largest absolute Gasteiger partial charge is 0.351 e. The van der Waals surface area contributed by atoms with Gasteiger partial charge in [-0.15, -0.1) is 0 Å². The van der Waals surface area contributed by atoms with E-state index in [1.807, 2.05) is 18.2 Å². The van der Waals surface area contributed by atoms with Gasteiger partial charge in [-0.2, -0.15) is 0 Å². The molecule has 174 valence electrons. The Morgan fingerprint density at radius 3 is 2.34 bits per heavy atom. The number of nitrogens with zero attached hydrogens (tertiary/aromatic N) is 2. The monoisotopic (exact) mass is 436 g/mol. The van der Waals surface area contributed by atoms with Gasteiger partial charge in [0.2, 0.25) is 0 Å². The van der Waals surface area contributed by atoms with E-state index in [0.717, 1.165) is 63.2 Å². The van der Waals surface area contributed by atoms with E-state index < -0.39 is 0 Å². The molecule has 0 radical (unpaired) electrons. The maximum atomic E-state index is 13.2. The predicted octanol–water partition coefficient (Wildman–Crippen LogP) is 3.51. The van der Waals surface area contributed by atoms with Crippen LogP contribution in [0.15, 0.2) is 54.6 Å². The Morgan fingerprint density at radius 1 is 1.00 bits per heavy atom. The summed E-state index contributed by atoms with van der Waals surface area (Å²) < 4.78 is 0. The molecule has 0 aliphatic carbocycles. The summed E-state index contributed by atoms with van der Waals surface area (Å²) in [6, 6.07) is 18.7. The van der Waals surface area contributed by atoms with E-state index in [1.54, 1.807) is 0 Å². The molecule has 0 saturated carbocycles. The van der Waals surface area contributed by atoms with E-state index in [4.69, 9.17) is 0 Å². The lowest BCUT2D eigenvalue weighted by Gasteiger charge is -2.41. The zero-order chi connectivity index (χ0) is 22.8. The third-order valence-corrected chi connectivity index (χ3v) is 6.99. The number of likely N-dealkylation sites (N-methyl/N-ethyl adjacent to an activating group) is 1. The Hall–Kier alpha value is -2.21. The molecule has 0 aromatic heterocycles. The average molecular weight is 437 g/mol. The van der Waals surface area contributed by atoms with Gasteiger partial charge in [0.05, 0.1) is 0 Å². The molecule has 1 saturated heterocycles. The Balaban J connectivity index is 1.63. The fourth-order valence-electron chi connectivity index (χ4n) is 4.65. The molecule has 0 atom stereocenters. The molecule has 0 bridgehead atoms. The maximum absolute atomic E-state index is 13.2. The highest BCUT2D eigenvalue weighted by atomic mass is 16.1. The number of likely N-dealkylation sites (tertiary alicyclic amines) is 1. The molecule has 2 N–H and O–H groups in total. The van der Waals surface area contributed by atoms with Gasteiger partial charge < -0.3 is 20.4 Å². The van der Waals surface area contributed by atoms with Gasteiger partial charge in [0.15, 0.2) is 0 Å². The topological polar surface area (TPSA) is 47.6 Å². The first-order valence-electron chi connectivity index (χ1n) is 12.1. The van der Waals surface area contributed by atoms with Crippen LogP contribution in [-0.4, -0.2) is 68.6 Å². The standard InChI is InChI=1S/C27H40N4O/c1-4-31(5-2)20-17-28-21-23-11-9-10-14-25(23)26(32)29-22-27(15-18-30(3)19-16-27)24-12-7-6-8-13-24/h6-14,28H,4-5,15-22H2,1-3H3,(H,29,32). The number of carbonyl (C=O) groups is 1. The molecule has 0 spiro atoms. The maximum Gasteiger partial charge on any atom is 0.251 e. The van der Waals surface area contributed by atoms with Crippen LogP contribution in [-0.2, 0) is 12.0 Å². The summed E-state index contributed by atoms with van der Waals surface area (Å²) >= 11 is 0. The van der Waals surface area contributed by atoms with Crippen molar-refractivity contribution in [2.45, 2.75) is 38.6 Å². The lowest BCUT2D eigenvalue weighted by atomic mass is 9.72.